The minimum Gasteiger partial charge on any atom is -0.550 e. The number of para-hydroxylation sites is 1. The van der Waals surface area contributed by atoms with E-state index in [0.29, 0.717) is 0 Å². The van der Waals surface area contributed by atoms with Crippen LogP contribution in [0.2, 0.25) is 0 Å². The Kier molecular flexibility index (Phi) is 4.00. The SMILES string of the molecule is CC(=O)[O-].O=c1c2ccccc2oc2c(O)c(O)c(O)c(O)c12. The fourth-order valence-electron chi connectivity index (χ4n) is 1.97. The Hall–Kier alpha value is -3.42. The van der Waals surface area contributed by atoms with E-state index in [9.17, 15) is 25.2 Å². The fraction of sp³-hybridized carbons (Fsp3) is 0.0667. The van der Waals surface area contributed by atoms with Crippen LogP contribution in [-0.2, 0) is 4.79 Å². The number of aromatic hydroxyl groups is 4. The van der Waals surface area contributed by atoms with Crippen LogP contribution in [-0.4, -0.2) is 26.4 Å². The summed E-state index contributed by atoms with van der Waals surface area (Å²) in [6.45, 7) is 0.972. The minimum atomic E-state index is -1.08. The molecule has 120 valence electrons. The van der Waals surface area contributed by atoms with E-state index in [-0.39, 0.29) is 21.9 Å². The number of fused-ring (bicyclic) bond motifs is 2. The fourth-order valence-corrected chi connectivity index (χ4v) is 1.97. The first-order valence-corrected chi connectivity index (χ1v) is 6.24. The number of phenolic OH excluding ortho intramolecular Hbond substituents is 4. The average Bonchev–Trinajstić information content (AvgIpc) is 2.50. The molecule has 0 radical (unpaired) electrons. The molecule has 0 atom stereocenters. The van der Waals surface area contributed by atoms with Crippen LogP contribution in [0.15, 0.2) is 33.5 Å². The van der Waals surface area contributed by atoms with Crippen LogP contribution in [0.5, 0.6) is 23.0 Å². The maximum absolute atomic E-state index is 12.2. The molecular weight excluding hydrogens is 308 g/mol. The molecule has 0 bridgehead atoms. The third-order valence-electron chi connectivity index (χ3n) is 2.92. The zero-order valence-electron chi connectivity index (χ0n) is 11.7. The van der Waals surface area contributed by atoms with Gasteiger partial charge in [0.05, 0.1) is 5.39 Å². The predicted octanol–water partition coefficient (Wildman–Crippen LogP) is 0.525. The number of benzene rings is 2. The normalized spacial score (nSPS) is 10.3. The second-order valence-corrected chi connectivity index (χ2v) is 4.52. The van der Waals surface area contributed by atoms with Crippen molar-refractivity contribution in [1.82, 2.24) is 0 Å². The number of carbonyl (C=O) groups is 1. The predicted molar refractivity (Wildman–Crippen MR) is 77.3 cm³/mol. The number of hydrogen-bond acceptors (Lipinski definition) is 8. The summed E-state index contributed by atoms with van der Waals surface area (Å²) < 4.78 is 5.29. The topological polar surface area (TPSA) is 151 Å². The molecule has 8 heteroatoms. The first-order valence-electron chi connectivity index (χ1n) is 6.24. The molecule has 0 aliphatic rings. The Bertz CT molecular complexity index is 967. The summed E-state index contributed by atoms with van der Waals surface area (Å²) in [6, 6.07) is 6.24. The standard InChI is InChI=1S/C13H8O6.C2H4O2/c14-8-5-3-1-2-4-6(5)19-13-7(8)9(15)10(16)11(17)12(13)18;1-2(3)4/h1-4,15-18H;1H3,(H,3,4)/p-1. The summed E-state index contributed by atoms with van der Waals surface area (Å²) in [7, 11) is 0. The summed E-state index contributed by atoms with van der Waals surface area (Å²) in [5, 5.41) is 47.0. The van der Waals surface area contributed by atoms with Gasteiger partial charge in [-0.1, -0.05) is 12.1 Å². The van der Waals surface area contributed by atoms with Crippen molar-refractivity contribution in [3.63, 3.8) is 0 Å². The highest BCUT2D eigenvalue weighted by Gasteiger charge is 2.23. The summed E-state index contributed by atoms with van der Waals surface area (Å²) in [6.07, 6.45) is 0. The van der Waals surface area contributed by atoms with Gasteiger partial charge in [0.2, 0.25) is 22.7 Å². The van der Waals surface area contributed by atoms with Crippen molar-refractivity contribution in [3.8, 4) is 23.0 Å². The van der Waals surface area contributed by atoms with Crippen molar-refractivity contribution < 1.29 is 34.7 Å². The Labute approximate surface area is 128 Å². The highest BCUT2D eigenvalue weighted by Crippen LogP contribution is 2.47. The van der Waals surface area contributed by atoms with E-state index in [4.69, 9.17) is 14.3 Å². The maximum Gasteiger partial charge on any atom is 0.208 e. The molecule has 1 heterocycles. The second-order valence-electron chi connectivity index (χ2n) is 4.52. The Morgan fingerprint density at radius 2 is 1.52 bits per heavy atom. The molecule has 0 saturated carbocycles. The molecule has 3 rings (SSSR count). The average molecular weight is 319 g/mol. The Balaban J connectivity index is 0.000000433. The van der Waals surface area contributed by atoms with Crippen molar-refractivity contribution in [2.45, 2.75) is 6.92 Å². The van der Waals surface area contributed by atoms with Crippen LogP contribution >= 0.6 is 0 Å². The number of carbonyl (C=O) groups excluding carboxylic acids is 1. The summed E-state index contributed by atoms with van der Waals surface area (Å²) in [4.78, 5) is 21.1. The minimum absolute atomic E-state index is 0.190. The lowest BCUT2D eigenvalue weighted by atomic mass is 10.1. The number of hydrogen-bond donors (Lipinski definition) is 4. The van der Waals surface area contributed by atoms with Crippen molar-refractivity contribution >= 4 is 27.9 Å². The zero-order chi connectivity index (χ0) is 17.3. The van der Waals surface area contributed by atoms with Crippen LogP contribution in [0.1, 0.15) is 6.92 Å². The molecule has 0 fully saturated rings. The largest absolute Gasteiger partial charge is 0.550 e. The van der Waals surface area contributed by atoms with Gasteiger partial charge >= 0.3 is 0 Å². The van der Waals surface area contributed by atoms with Gasteiger partial charge in [0.15, 0.2) is 11.3 Å². The van der Waals surface area contributed by atoms with E-state index >= 15 is 0 Å². The lowest BCUT2D eigenvalue weighted by Crippen LogP contribution is -2.16. The summed E-state index contributed by atoms with van der Waals surface area (Å²) >= 11 is 0. The molecule has 0 aliphatic heterocycles. The first-order chi connectivity index (χ1) is 10.8. The van der Waals surface area contributed by atoms with Gasteiger partial charge in [-0.2, -0.15) is 0 Å². The zero-order valence-corrected chi connectivity index (χ0v) is 11.7. The van der Waals surface area contributed by atoms with Crippen LogP contribution in [0.3, 0.4) is 0 Å². The first kappa shape index (κ1) is 16.0. The van der Waals surface area contributed by atoms with Crippen molar-refractivity contribution in [2.75, 3.05) is 0 Å². The molecule has 23 heavy (non-hydrogen) atoms. The number of rotatable bonds is 0. The molecule has 8 nitrogen and oxygen atoms in total. The van der Waals surface area contributed by atoms with Gasteiger partial charge in [0.25, 0.3) is 0 Å². The molecule has 0 amide bonds. The van der Waals surface area contributed by atoms with Gasteiger partial charge in [-0.3, -0.25) is 4.79 Å². The van der Waals surface area contributed by atoms with E-state index in [1.807, 2.05) is 0 Å². The van der Waals surface area contributed by atoms with Gasteiger partial charge in [0, 0.05) is 5.97 Å². The van der Waals surface area contributed by atoms with E-state index in [1.165, 1.54) is 12.1 Å². The molecule has 3 aromatic rings. The second kappa shape index (κ2) is 5.76. The van der Waals surface area contributed by atoms with E-state index in [2.05, 4.69) is 0 Å². The maximum atomic E-state index is 12.2. The van der Waals surface area contributed by atoms with Crippen molar-refractivity contribution in [1.29, 1.82) is 0 Å². The monoisotopic (exact) mass is 319 g/mol. The van der Waals surface area contributed by atoms with Crippen LogP contribution < -0.4 is 10.5 Å². The summed E-state index contributed by atoms with van der Waals surface area (Å²) in [5.74, 6) is -4.62. The molecule has 0 aliphatic carbocycles. The van der Waals surface area contributed by atoms with Gasteiger partial charge in [-0.05, 0) is 19.1 Å². The van der Waals surface area contributed by atoms with Crippen molar-refractivity contribution in [2.24, 2.45) is 0 Å². The number of carboxylic acids is 1. The molecule has 4 N–H and O–H groups in total. The summed E-state index contributed by atoms with van der Waals surface area (Å²) in [5.41, 5.74) is -0.795. The Morgan fingerprint density at radius 1 is 1.00 bits per heavy atom. The lowest BCUT2D eigenvalue weighted by Gasteiger charge is -2.08. The van der Waals surface area contributed by atoms with Gasteiger partial charge in [-0.25, -0.2) is 0 Å². The van der Waals surface area contributed by atoms with E-state index in [1.54, 1.807) is 12.1 Å². The van der Waals surface area contributed by atoms with Crippen molar-refractivity contribution in [3.05, 3.63) is 34.5 Å². The molecule has 1 aromatic heterocycles. The highest BCUT2D eigenvalue weighted by molar-refractivity contribution is 5.99. The molecule has 0 saturated heterocycles. The molecule has 2 aromatic carbocycles. The Morgan fingerprint density at radius 3 is 2.13 bits per heavy atom. The molecule has 0 unspecified atom stereocenters. The number of phenols is 4. The van der Waals surface area contributed by atoms with Gasteiger partial charge in [0.1, 0.15) is 11.0 Å². The number of aliphatic carboxylic acids is 1. The third-order valence-corrected chi connectivity index (χ3v) is 2.92. The smallest absolute Gasteiger partial charge is 0.208 e. The van der Waals surface area contributed by atoms with Crippen LogP contribution in [0, 0.1) is 0 Å². The van der Waals surface area contributed by atoms with Gasteiger partial charge in [-0.15, -0.1) is 0 Å². The molecular formula is C15H11O8-. The molecule has 0 spiro atoms. The number of carboxylic acid groups (broad SMARTS) is 1. The van der Waals surface area contributed by atoms with E-state index < -0.39 is 34.4 Å². The van der Waals surface area contributed by atoms with Crippen LogP contribution in [0.4, 0.5) is 0 Å². The highest BCUT2D eigenvalue weighted by atomic mass is 16.4. The van der Waals surface area contributed by atoms with Gasteiger partial charge < -0.3 is 34.7 Å². The lowest BCUT2D eigenvalue weighted by molar-refractivity contribution is -0.302. The van der Waals surface area contributed by atoms with E-state index in [0.717, 1.165) is 6.92 Å². The third kappa shape index (κ3) is 2.69. The van der Waals surface area contributed by atoms with Crippen LogP contribution in [0.25, 0.3) is 21.9 Å². The quantitative estimate of drug-likeness (QED) is 0.266.